The van der Waals surface area contributed by atoms with Crippen molar-refractivity contribution in [1.29, 1.82) is 0 Å². The van der Waals surface area contributed by atoms with Gasteiger partial charge in [-0.25, -0.2) is 4.79 Å². The van der Waals surface area contributed by atoms with Gasteiger partial charge in [-0.1, -0.05) is 0 Å². The van der Waals surface area contributed by atoms with E-state index in [1.807, 2.05) is 18.7 Å². The van der Waals surface area contributed by atoms with Crippen molar-refractivity contribution in [3.05, 3.63) is 23.8 Å². The number of carbonyl (C=O) groups is 1. The van der Waals surface area contributed by atoms with Gasteiger partial charge in [0.05, 0.1) is 36.7 Å². The van der Waals surface area contributed by atoms with E-state index in [2.05, 4.69) is 0 Å². The molecule has 1 heterocycles. The second kappa shape index (κ2) is 5.91. The molecule has 116 valence electrons. The first-order valence-electron chi connectivity index (χ1n) is 6.88. The van der Waals surface area contributed by atoms with Gasteiger partial charge in [0, 0.05) is 18.8 Å². The molecule has 0 bridgehead atoms. The minimum absolute atomic E-state index is 0.0670. The zero-order valence-electron chi connectivity index (χ0n) is 12.6. The molecule has 0 aliphatic carbocycles. The summed E-state index contributed by atoms with van der Waals surface area (Å²) in [6.45, 7) is 4.96. The van der Waals surface area contributed by atoms with Gasteiger partial charge in [-0.05, 0) is 32.0 Å². The molecule has 0 radical (unpaired) electrons. The van der Waals surface area contributed by atoms with Crippen LogP contribution in [0.3, 0.4) is 0 Å². The Balaban J connectivity index is 2.38. The molecule has 1 aromatic rings. The molecule has 0 spiro atoms. The summed E-state index contributed by atoms with van der Waals surface area (Å²) in [4.78, 5) is 14.0. The largest absolute Gasteiger partial charge is 0.465 e. The fraction of sp³-hybridized carbons (Fsp3) is 0.533. The lowest BCUT2D eigenvalue weighted by Crippen LogP contribution is -2.54. The molecule has 1 unspecified atom stereocenters. The van der Waals surface area contributed by atoms with E-state index in [-0.39, 0.29) is 12.7 Å². The average Bonchev–Trinajstić information content (AvgIpc) is 2.44. The number of nitrogens with zero attached hydrogens (tertiary/aromatic N) is 1. The van der Waals surface area contributed by atoms with E-state index in [0.29, 0.717) is 24.3 Å². The summed E-state index contributed by atoms with van der Waals surface area (Å²) < 4.78 is 10.6. The molecule has 0 aromatic heterocycles. The predicted molar refractivity (Wildman–Crippen MR) is 80.4 cm³/mol. The maximum atomic E-state index is 12.0. The van der Waals surface area contributed by atoms with E-state index in [0.717, 1.165) is 5.69 Å². The Morgan fingerprint density at radius 1 is 1.57 bits per heavy atom. The van der Waals surface area contributed by atoms with E-state index in [1.165, 1.54) is 7.11 Å². The number of nitrogens with two attached hydrogens (primary N) is 1. The summed E-state index contributed by atoms with van der Waals surface area (Å²) in [7, 11) is 1.34. The highest BCUT2D eigenvalue weighted by molar-refractivity contribution is 5.97. The van der Waals surface area contributed by atoms with Gasteiger partial charge in [0.15, 0.2) is 0 Å². The molecule has 1 aromatic carbocycles. The molecule has 6 nitrogen and oxygen atoms in total. The number of morpholine rings is 1. The lowest BCUT2D eigenvalue weighted by molar-refractivity contribution is -0.101. The van der Waals surface area contributed by atoms with Crippen molar-refractivity contribution in [3.63, 3.8) is 0 Å². The third-order valence-electron chi connectivity index (χ3n) is 3.45. The summed E-state index contributed by atoms with van der Waals surface area (Å²) in [6, 6.07) is 5.16. The van der Waals surface area contributed by atoms with Crippen LogP contribution in [-0.2, 0) is 9.47 Å². The molecular weight excluding hydrogens is 272 g/mol. The van der Waals surface area contributed by atoms with Crippen molar-refractivity contribution in [2.75, 3.05) is 37.4 Å². The fourth-order valence-electron chi connectivity index (χ4n) is 2.68. The molecule has 1 aliphatic heterocycles. The van der Waals surface area contributed by atoms with Gasteiger partial charge in [0.25, 0.3) is 0 Å². The number of esters is 1. The number of aliphatic hydroxyl groups excluding tert-OH is 1. The third-order valence-corrected chi connectivity index (χ3v) is 3.45. The Morgan fingerprint density at radius 2 is 2.29 bits per heavy atom. The number of benzene rings is 1. The van der Waals surface area contributed by atoms with E-state index in [4.69, 9.17) is 15.2 Å². The van der Waals surface area contributed by atoms with Crippen molar-refractivity contribution < 1.29 is 19.4 Å². The molecule has 21 heavy (non-hydrogen) atoms. The number of ether oxygens (including phenoxy) is 2. The standard InChI is InChI=1S/C15H22N2O4/c1-15(2)9-17(7-11(8-18)21-15)13-5-4-10(16)6-12(13)14(19)20-3/h4-6,11,18H,7-9,16H2,1-3H3. The average molecular weight is 294 g/mol. The van der Waals surface area contributed by atoms with Crippen LogP contribution in [-0.4, -0.2) is 49.6 Å². The maximum absolute atomic E-state index is 12.0. The molecule has 2 rings (SSSR count). The van der Waals surface area contributed by atoms with E-state index >= 15 is 0 Å². The van der Waals surface area contributed by atoms with Gasteiger partial charge >= 0.3 is 5.97 Å². The van der Waals surface area contributed by atoms with Crippen LogP contribution in [0, 0.1) is 0 Å². The number of rotatable bonds is 3. The van der Waals surface area contributed by atoms with Crippen LogP contribution in [0.2, 0.25) is 0 Å². The Morgan fingerprint density at radius 3 is 2.90 bits per heavy atom. The molecule has 3 N–H and O–H groups in total. The van der Waals surface area contributed by atoms with Crippen molar-refractivity contribution in [1.82, 2.24) is 0 Å². The zero-order valence-corrected chi connectivity index (χ0v) is 12.6. The van der Waals surface area contributed by atoms with Crippen LogP contribution >= 0.6 is 0 Å². The van der Waals surface area contributed by atoms with Gasteiger partial charge in [0.2, 0.25) is 0 Å². The first kappa shape index (κ1) is 15.6. The Hall–Kier alpha value is -1.79. The molecule has 6 heteroatoms. The Labute approximate surface area is 124 Å². The van der Waals surface area contributed by atoms with Crippen LogP contribution < -0.4 is 10.6 Å². The second-order valence-electron chi connectivity index (χ2n) is 5.83. The quantitative estimate of drug-likeness (QED) is 0.640. The zero-order chi connectivity index (χ0) is 15.6. The van der Waals surface area contributed by atoms with Crippen LogP contribution in [0.25, 0.3) is 0 Å². The minimum Gasteiger partial charge on any atom is -0.465 e. The number of carbonyl (C=O) groups excluding carboxylic acids is 1. The smallest absolute Gasteiger partial charge is 0.340 e. The minimum atomic E-state index is -0.429. The van der Waals surface area contributed by atoms with E-state index in [9.17, 15) is 9.90 Å². The highest BCUT2D eigenvalue weighted by atomic mass is 16.5. The monoisotopic (exact) mass is 294 g/mol. The SMILES string of the molecule is COC(=O)c1cc(N)ccc1N1CC(CO)OC(C)(C)C1. The van der Waals surface area contributed by atoms with Crippen molar-refractivity contribution in [2.45, 2.75) is 25.6 Å². The Bertz CT molecular complexity index is 530. The van der Waals surface area contributed by atoms with Gasteiger partial charge in [-0.2, -0.15) is 0 Å². The van der Waals surface area contributed by atoms with Gasteiger partial charge in [-0.15, -0.1) is 0 Å². The van der Waals surface area contributed by atoms with Gasteiger partial charge < -0.3 is 25.2 Å². The highest BCUT2D eigenvalue weighted by Crippen LogP contribution is 2.30. The predicted octanol–water partition coefficient (Wildman–Crippen LogP) is 1.03. The number of aliphatic hydroxyl groups is 1. The first-order valence-corrected chi connectivity index (χ1v) is 6.88. The van der Waals surface area contributed by atoms with E-state index < -0.39 is 11.6 Å². The van der Waals surface area contributed by atoms with Gasteiger partial charge in [-0.3, -0.25) is 0 Å². The molecule has 0 saturated carbocycles. The lowest BCUT2D eigenvalue weighted by Gasteiger charge is -2.43. The van der Waals surface area contributed by atoms with Crippen LogP contribution in [0.4, 0.5) is 11.4 Å². The van der Waals surface area contributed by atoms with Crippen molar-refractivity contribution >= 4 is 17.3 Å². The molecule has 1 atom stereocenters. The Kier molecular flexibility index (Phi) is 4.39. The van der Waals surface area contributed by atoms with Crippen LogP contribution in [0.5, 0.6) is 0 Å². The molecule has 1 aliphatic rings. The van der Waals surface area contributed by atoms with Crippen molar-refractivity contribution in [3.8, 4) is 0 Å². The van der Waals surface area contributed by atoms with Crippen molar-refractivity contribution in [2.24, 2.45) is 0 Å². The molecular formula is C15H22N2O4. The number of methoxy groups -OCH3 is 1. The van der Waals surface area contributed by atoms with E-state index in [1.54, 1.807) is 18.2 Å². The number of hydrogen-bond donors (Lipinski definition) is 2. The first-order chi connectivity index (χ1) is 9.86. The molecule has 1 saturated heterocycles. The number of hydrogen-bond acceptors (Lipinski definition) is 6. The molecule has 1 fully saturated rings. The second-order valence-corrected chi connectivity index (χ2v) is 5.83. The maximum Gasteiger partial charge on any atom is 0.340 e. The molecule has 0 amide bonds. The number of anilines is 2. The summed E-state index contributed by atoms with van der Waals surface area (Å²) in [5.74, 6) is -0.429. The van der Waals surface area contributed by atoms with Crippen LogP contribution in [0.15, 0.2) is 18.2 Å². The van der Waals surface area contributed by atoms with Gasteiger partial charge in [0.1, 0.15) is 0 Å². The number of nitrogen functional groups attached to an aromatic ring is 1. The third kappa shape index (κ3) is 3.46. The topological polar surface area (TPSA) is 85.0 Å². The summed E-state index contributed by atoms with van der Waals surface area (Å²) in [5, 5.41) is 9.39. The normalized spacial score (nSPS) is 21.1. The summed E-state index contributed by atoms with van der Waals surface area (Å²) >= 11 is 0. The summed E-state index contributed by atoms with van der Waals surface area (Å²) in [6.07, 6.45) is -0.295. The highest BCUT2D eigenvalue weighted by Gasteiger charge is 2.34. The summed E-state index contributed by atoms with van der Waals surface area (Å²) in [5.41, 5.74) is 7.02. The lowest BCUT2D eigenvalue weighted by atomic mass is 10.0. The van der Waals surface area contributed by atoms with Crippen LogP contribution in [0.1, 0.15) is 24.2 Å². The fourth-order valence-corrected chi connectivity index (χ4v) is 2.68.